The normalized spacial score (nSPS) is 18.9. The minimum atomic E-state index is -0.576. The van der Waals surface area contributed by atoms with E-state index < -0.39 is 10.8 Å². The van der Waals surface area contributed by atoms with Gasteiger partial charge in [0.1, 0.15) is 0 Å². The molecule has 27 heavy (non-hydrogen) atoms. The van der Waals surface area contributed by atoms with Crippen LogP contribution in [-0.2, 0) is 26.2 Å². The Hall–Kier alpha value is -2.37. The summed E-state index contributed by atoms with van der Waals surface area (Å²) in [4.78, 5) is 40.8. The molecule has 0 spiro atoms. The molecule has 0 saturated carbocycles. The number of hydrogen-bond acceptors (Lipinski definition) is 3. The Morgan fingerprint density at radius 1 is 1.07 bits per heavy atom. The van der Waals surface area contributed by atoms with Crippen LogP contribution >= 0.6 is 0 Å². The summed E-state index contributed by atoms with van der Waals surface area (Å²) in [7, 11) is 0. The summed E-state index contributed by atoms with van der Waals surface area (Å²) >= 11 is 0. The molecule has 3 amide bonds. The number of fused-ring (bicyclic) bond motifs is 1. The summed E-state index contributed by atoms with van der Waals surface area (Å²) in [5.74, 6) is 0.182. The zero-order valence-corrected chi connectivity index (χ0v) is 16.9. The van der Waals surface area contributed by atoms with Crippen molar-refractivity contribution in [1.82, 2.24) is 9.80 Å². The van der Waals surface area contributed by atoms with Crippen LogP contribution in [-0.4, -0.2) is 53.7 Å². The van der Waals surface area contributed by atoms with Crippen molar-refractivity contribution in [2.24, 2.45) is 5.41 Å². The largest absolute Gasteiger partial charge is 0.339 e. The lowest BCUT2D eigenvalue weighted by atomic mass is 9.85. The molecule has 0 radical (unpaired) electrons. The molecule has 0 bridgehead atoms. The van der Waals surface area contributed by atoms with E-state index in [0.29, 0.717) is 32.6 Å². The molecule has 146 valence electrons. The number of benzene rings is 1. The van der Waals surface area contributed by atoms with E-state index in [1.807, 2.05) is 62.6 Å². The van der Waals surface area contributed by atoms with Crippen LogP contribution < -0.4 is 5.32 Å². The lowest BCUT2D eigenvalue weighted by Gasteiger charge is -2.37. The number of nitrogens with one attached hydrogen (secondary N) is 1. The van der Waals surface area contributed by atoms with Crippen LogP contribution in [0.5, 0.6) is 0 Å². The van der Waals surface area contributed by atoms with Crippen molar-refractivity contribution in [2.45, 2.75) is 46.5 Å². The number of anilines is 1. The van der Waals surface area contributed by atoms with Gasteiger partial charge in [-0.15, -0.1) is 0 Å². The number of carbonyl (C=O) groups excluding carboxylic acids is 3. The first-order valence-corrected chi connectivity index (χ1v) is 9.52. The molecule has 6 heteroatoms. The van der Waals surface area contributed by atoms with Crippen LogP contribution in [0.4, 0.5) is 5.69 Å². The molecule has 0 aliphatic carbocycles. The summed E-state index contributed by atoms with van der Waals surface area (Å²) in [5, 5.41) is 2.89. The summed E-state index contributed by atoms with van der Waals surface area (Å²) in [6.45, 7) is 11.8. The fourth-order valence-corrected chi connectivity index (χ4v) is 3.65. The van der Waals surface area contributed by atoms with Crippen molar-refractivity contribution in [2.75, 3.05) is 31.5 Å². The van der Waals surface area contributed by atoms with Gasteiger partial charge >= 0.3 is 0 Å². The average Bonchev–Trinajstić information content (AvgIpc) is 2.83. The zero-order valence-electron chi connectivity index (χ0n) is 16.9. The lowest BCUT2D eigenvalue weighted by Crippen LogP contribution is -2.53. The Morgan fingerprint density at radius 3 is 2.26 bits per heavy atom. The minimum absolute atomic E-state index is 0.0133. The van der Waals surface area contributed by atoms with Crippen LogP contribution in [0.2, 0.25) is 0 Å². The van der Waals surface area contributed by atoms with E-state index in [4.69, 9.17) is 0 Å². The third-order valence-electron chi connectivity index (χ3n) is 5.49. The Balaban J connectivity index is 1.62. The van der Waals surface area contributed by atoms with E-state index in [0.717, 1.165) is 16.8 Å². The molecule has 0 unspecified atom stereocenters. The molecular formula is C21H29N3O3. The molecule has 2 aliphatic heterocycles. The third kappa shape index (κ3) is 3.70. The van der Waals surface area contributed by atoms with Crippen LogP contribution in [0.25, 0.3) is 0 Å². The highest BCUT2D eigenvalue weighted by atomic mass is 16.2. The number of amides is 3. The van der Waals surface area contributed by atoms with Gasteiger partial charge in [0, 0.05) is 37.3 Å². The maximum atomic E-state index is 12.7. The van der Waals surface area contributed by atoms with Gasteiger partial charge in [-0.05, 0) is 31.0 Å². The quantitative estimate of drug-likeness (QED) is 0.866. The van der Waals surface area contributed by atoms with Gasteiger partial charge in [0.2, 0.25) is 17.7 Å². The Morgan fingerprint density at radius 2 is 1.67 bits per heavy atom. The van der Waals surface area contributed by atoms with Crippen molar-refractivity contribution < 1.29 is 14.4 Å². The Bertz CT molecular complexity index is 784. The predicted molar refractivity (Wildman–Crippen MR) is 104 cm³/mol. The average molecular weight is 371 g/mol. The smallest absolute Gasteiger partial charge is 0.234 e. The molecule has 1 N–H and O–H groups in total. The second kappa shape index (κ2) is 6.66. The summed E-state index contributed by atoms with van der Waals surface area (Å²) in [6.07, 6.45) is 0.310. The molecule has 3 rings (SSSR count). The highest BCUT2D eigenvalue weighted by Crippen LogP contribution is 2.37. The second-order valence-corrected chi connectivity index (χ2v) is 9.06. The number of piperazine rings is 1. The molecule has 2 aliphatic rings. The van der Waals surface area contributed by atoms with E-state index in [1.165, 1.54) is 0 Å². The number of hydrogen-bond donors (Lipinski definition) is 1. The van der Waals surface area contributed by atoms with E-state index in [9.17, 15) is 14.4 Å². The van der Waals surface area contributed by atoms with Crippen molar-refractivity contribution in [3.05, 3.63) is 29.3 Å². The minimum Gasteiger partial charge on any atom is -0.339 e. The SMILES string of the molecule is CC(C)(C)C(=O)N1CCN(C(=O)Cc2ccc3c(c2)C(C)(C)C(=O)N3)CC1. The molecule has 1 saturated heterocycles. The molecule has 1 fully saturated rings. The summed E-state index contributed by atoms with van der Waals surface area (Å²) in [6, 6.07) is 5.74. The van der Waals surface area contributed by atoms with E-state index in [1.54, 1.807) is 0 Å². The standard InChI is InChI=1S/C21H29N3O3/c1-20(2,3)19(27)24-10-8-23(9-11-24)17(25)13-14-6-7-16-15(12-14)21(4,5)18(26)22-16/h6-7,12H,8-11,13H2,1-5H3,(H,22,26). The van der Waals surface area contributed by atoms with Crippen LogP contribution in [0.1, 0.15) is 45.7 Å². The topological polar surface area (TPSA) is 69.7 Å². The van der Waals surface area contributed by atoms with E-state index in [-0.39, 0.29) is 17.7 Å². The first-order chi connectivity index (χ1) is 12.5. The van der Waals surface area contributed by atoms with Gasteiger partial charge in [-0.1, -0.05) is 32.9 Å². The van der Waals surface area contributed by atoms with Gasteiger partial charge in [-0.25, -0.2) is 0 Å². The highest BCUT2D eigenvalue weighted by molar-refractivity contribution is 6.05. The van der Waals surface area contributed by atoms with Gasteiger partial charge in [-0.3, -0.25) is 14.4 Å². The van der Waals surface area contributed by atoms with Crippen molar-refractivity contribution >= 4 is 23.4 Å². The Kier molecular flexibility index (Phi) is 4.78. The van der Waals surface area contributed by atoms with Crippen LogP contribution in [0, 0.1) is 5.41 Å². The molecule has 1 aromatic rings. The predicted octanol–water partition coefficient (Wildman–Crippen LogP) is 2.18. The van der Waals surface area contributed by atoms with Gasteiger partial charge in [0.25, 0.3) is 0 Å². The van der Waals surface area contributed by atoms with Gasteiger partial charge in [0.05, 0.1) is 11.8 Å². The molecule has 6 nitrogen and oxygen atoms in total. The van der Waals surface area contributed by atoms with E-state index >= 15 is 0 Å². The first kappa shape index (κ1) is 19.4. The van der Waals surface area contributed by atoms with Crippen molar-refractivity contribution in [3.8, 4) is 0 Å². The second-order valence-electron chi connectivity index (χ2n) is 9.06. The van der Waals surface area contributed by atoms with Gasteiger partial charge in [0.15, 0.2) is 0 Å². The highest BCUT2D eigenvalue weighted by Gasteiger charge is 2.38. The summed E-state index contributed by atoms with van der Waals surface area (Å²) < 4.78 is 0. The van der Waals surface area contributed by atoms with Crippen LogP contribution in [0.15, 0.2) is 18.2 Å². The maximum Gasteiger partial charge on any atom is 0.234 e. The molecule has 1 aromatic carbocycles. The fourth-order valence-electron chi connectivity index (χ4n) is 3.65. The fraction of sp³-hybridized carbons (Fsp3) is 0.571. The summed E-state index contributed by atoms with van der Waals surface area (Å²) in [5.41, 5.74) is 1.72. The van der Waals surface area contributed by atoms with Crippen LogP contribution in [0.3, 0.4) is 0 Å². The molecule has 0 atom stereocenters. The zero-order chi connectivity index (χ0) is 20.0. The molecule has 2 heterocycles. The maximum absolute atomic E-state index is 12.7. The lowest BCUT2D eigenvalue weighted by molar-refractivity contribution is -0.144. The number of carbonyl (C=O) groups is 3. The van der Waals surface area contributed by atoms with E-state index in [2.05, 4.69) is 5.32 Å². The van der Waals surface area contributed by atoms with Gasteiger partial charge in [-0.2, -0.15) is 0 Å². The van der Waals surface area contributed by atoms with Crippen molar-refractivity contribution in [3.63, 3.8) is 0 Å². The Labute approximate surface area is 160 Å². The number of rotatable bonds is 2. The number of nitrogens with zero attached hydrogens (tertiary/aromatic N) is 2. The molecule has 0 aromatic heterocycles. The molecular weight excluding hydrogens is 342 g/mol. The van der Waals surface area contributed by atoms with Crippen molar-refractivity contribution in [1.29, 1.82) is 0 Å². The third-order valence-corrected chi connectivity index (χ3v) is 5.49. The monoisotopic (exact) mass is 371 g/mol. The van der Waals surface area contributed by atoms with Gasteiger partial charge < -0.3 is 15.1 Å². The first-order valence-electron chi connectivity index (χ1n) is 9.52.